The van der Waals surface area contributed by atoms with Crippen LogP contribution < -0.4 is 10.2 Å². The number of nitrogens with one attached hydrogen (secondary N) is 1. The molecule has 1 N–H and O–H groups in total. The molecule has 0 bridgehead atoms. The van der Waals surface area contributed by atoms with Crippen LogP contribution >= 0.6 is 0 Å². The van der Waals surface area contributed by atoms with Crippen LogP contribution in [0.25, 0.3) is 0 Å². The van der Waals surface area contributed by atoms with Crippen molar-refractivity contribution >= 4 is 11.9 Å². The Hall–Kier alpha value is -2.58. The van der Waals surface area contributed by atoms with Crippen LogP contribution in [0, 0.1) is 5.92 Å². The van der Waals surface area contributed by atoms with E-state index in [1.54, 1.807) is 45.2 Å². The Morgan fingerprint density at radius 3 is 2.35 bits per heavy atom. The lowest BCUT2D eigenvalue weighted by molar-refractivity contribution is -0.143. The zero-order valence-corrected chi connectivity index (χ0v) is 15.1. The summed E-state index contributed by atoms with van der Waals surface area (Å²) in [6, 6.07) is 2.14. The zero-order valence-electron chi connectivity index (χ0n) is 15.1. The number of anilines is 1. The lowest BCUT2D eigenvalue weighted by Gasteiger charge is -2.17. The minimum atomic E-state index is -4.51. The van der Waals surface area contributed by atoms with Crippen molar-refractivity contribution in [3.8, 4) is 0 Å². The number of alkyl halides is 3. The van der Waals surface area contributed by atoms with Gasteiger partial charge in [0.05, 0.1) is 0 Å². The summed E-state index contributed by atoms with van der Waals surface area (Å²) < 4.78 is 40.5. The van der Waals surface area contributed by atoms with Crippen molar-refractivity contribution in [1.29, 1.82) is 0 Å². The molecule has 1 amide bonds. The molecule has 9 heteroatoms. The van der Waals surface area contributed by atoms with Gasteiger partial charge in [-0.25, -0.2) is 9.97 Å². The highest BCUT2D eigenvalue weighted by Gasteiger charge is 2.36. The minimum absolute atomic E-state index is 0.0168. The van der Waals surface area contributed by atoms with Gasteiger partial charge in [0.2, 0.25) is 5.95 Å². The second-order valence-electron chi connectivity index (χ2n) is 6.57. The van der Waals surface area contributed by atoms with Gasteiger partial charge < -0.3 is 14.8 Å². The van der Waals surface area contributed by atoms with Crippen LogP contribution in [0.3, 0.4) is 0 Å². The maximum absolute atomic E-state index is 13.2. The molecule has 0 saturated heterocycles. The highest BCUT2D eigenvalue weighted by atomic mass is 19.4. The molecule has 2 aromatic rings. The Morgan fingerprint density at radius 1 is 1.23 bits per heavy atom. The first-order chi connectivity index (χ1) is 12.1. The SMILES string of the molecule is CC(C)Cn1c(C(=O)NCc2cnc(N(C)C)nc2)ccc1C(F)(F)F. The molecule has 0 aromatic carbocycles. The molecule has 0 radical (unpaired) electrons. The van der Waals surface area contributed by atoms with E-state index in [-0.39, 0.29) is 24.7 Å². The molecule has 0 saturated carbocycles. The Kier molecular flexibility index (Phi) is 5.89. The molecule has 0 fully saturated rings. The van der Waals surface area contributed by atoms with Crippen LogP contribution in [0.2, 0.25) is 0 Å². The second-order valence-corrected chi connectivity index (χ2v) is 6.57. The van der Waals surface area contributed by atoms with Gasteiger partial charge in [0.25, 0.3) is 5.91 Å². The van der Waals surface area contributed by atoms with E-state index in [2.05, 4.69) is 15.3 Å². The average molecular weight is 369 g/mol. The molecule has 0 atom stereocenters. The van der Waals surface area contributed by atoms with Gasteiger partial charge in [0.1, 0.15) is 11.4 Å². The predicted octanol–water partition coefficient (Wildman–Crippen LogP) is 2.95. The average Bonchev–Trinajstić information content (AvgIpc) is 2.96. The fourth-order valence-corrected chi connectivity index (χ4v) is 2.42. The van der Waals surface area contributed by atoms with E-state index < -0.39 is 17.8 Å². The molecule has 0 spiro atoms. The fourth-order valence-electron chi connectivity index (χ4n) is 2.42. The summed E-state index contributed by atoms with van der Waals surface area (Å²) >= 11 is 0. The van der Waals surface area contributed by atoms with Gasteiger partial charge in [-0.3, -0.25) is 4.79 Å². The van der Waals surface area contributed by atoms with Crippen LogP contribution in [-0.4, -0.2) is 34.5 Å². The molecule has 0 aliphatic rings. The lowest BCUT2D eigenvalue weighted by atomic mass is 10.2. The number of carbonyl (C=O) groups is 1. The molecule has 0 unspecified atom stereocenters. The molecule has 26 heavy (non-hydrogen) atoms. The highest BCUT2D eigenvalue weighted by Crippen LogP contribution is 2.31. The summed E-state index contributed by atoms with van der Waals surface area (Å²) in [4.78, 5) is 22.4. The van der Waals surface area contributed by atoms with Crippen molar-refractivity contribution in [3.05, 3.63) is 41.5 Å². The first-order valence-corrected chi connectivity index (χ1v) is 8.12. The molecular weight excluding hydrogens is 347 g/mol. The Bertz CT molecular complexity index is 751. The first-order valence-electron chi connectivity index (χ1n) is 8.12. The molecule has 2 rings (SSSR count). The molecule has 2 aromatic heterocycles. The number of hydrogen-bond acceptors (Lipinski definition) is 4. The van der Waals surface area contributed by atoms with Crippen molar-refractivity contribution in [2.75, 3.05) is 19.0 Å². The number of halogens is 3. The van der Waals surface area contributed by atoms with Gasteiger partial charge in [-0.2, -0.15) is 13.2 Å². The molecule has 0 aliphatic carbocycles. The number of carbonyl (C=O) groups excluding carboxylic acids is 1. The van der Waals surface area contributed by atoms with Gasteiger partial charge in [-0.15, -0.1) is 0 Å². The number of hydrogen-bond donors (Lipinski definition) is 1. The van der Waals surface area contributed by atoms with E-state index in [4.69, 9.17) is 0 Å². The summed E-state index contributed by atoms with van der Waals surface area (Å²) in [5.74, 6) is -0.0828. The van der Waals surface area contributed by atoms with Crippen LogP contribution in [0.4, 0.5) is 19.1 Å². The maximum Gasteiger partial charge on any atom is 0.431 e. The fraction of sp³-hybridized carbons (Fsp3) is 0.471. The van der Waals surface area contributed by atoms with E-state index in [1.807, 2.05) is 0 Å². The van der Waals surface area contributed by atoms with Crippen molar-refractivity contribution in [3.63, 3.8) is 0 Å². The van der Waals surface area contributed by atoms with Gasteiger partial charge in [-0.1, -0.05) is 13.8 Å². The monoisotopic (exact) mass is 369 g/mol. The van der Waals surface area contributed by atoms with Gasteiger partial charge >= 0.3 is 6.18 Å². The Balaban J connectivity index is 2.15. The molecule has 6 nitrogen and oxygen atoms in total. The summed E-state index contributed by atoms with van der Waals surface area (Å²) in [6.07, 6.45) is -1.38. The van der Waals surface area contributed by atoms with Crippen molar-refractivity contribution in [1.82, 2.24) is 19.9 Å². The third-order valence-corrected chi connectivity index (χ3v) is 3.60. The Morgan fingerprint density at radius 2 is 1.85 bits per heavy atom. The normalized spacial score (nSPS) is 11.7. The van der Waals surface area contributed by atoms with Gasteiger partial charge in [-0.05, 0) is 18.1 Å². The van der Waals surface area contributed by atoms with Gasteiger partial charge in [0.15, 0.2) is 0 Å². The van der Waals surface area contributed by atoms with E-state index >= 15 is 0 Å². The number of aromatic nitrogens is 3. The van der Waals surface area contributed by atoms with Gasteiger partial charge in [0, 0.05) is 45.1 Å². The standard InChI is InChI=1S/C17H22F3N5O/c1-11(2)10-25-13(5-6-14(25)17(18,19)20)15(26)21-7-12-8-22-16(23-9-12)24(3)4/h5-6,8-9,11H,7,10H2,1-4H3,(H,21,26). The minimum Gasteiger partial charge on any atom is -0.347 e. The summed E-state index contributed by atoms with van der Waals surface area (Å²) in [7, 11) is 3.61. The number of rotatable bonds is 6. The predicted molar refractivity (Wildman–Crippen MR) is 91.8 cm³/mol. The third kappa shape index (κ3) is 4.74. The molecule has 142 valence electrons. The van der Waals surface area contributed by atoms with Crippen LogP contribution in [-0.2, 0) is 19.3 Å². The third-order valence-electron chi connectivity index (χ3n) is 3.60. The number of nitrogens with zero attached hydrogens (tertiary/aromatic N) is 4. The van der Waals surface area contributed by atoms with Crippen LogP contribution in [0.15, 0.2) is 24.5 Å². The summed E-state index contributed by atoms with van der Waals surface area (Å²) in [5.41, 5.74) is -0.186. The Labute approximate surface area is 150 Å². The van der Waals surface area contributed by atoms with Crippen molar-refractivity contribution < 1.29 is 18.0 Å². The topological polar surface area (TPSA) is 63.1 Å². The quantitative estimate of drug-likeness (QED) is 0.850. The van der Waals surface area contributed by atoms with E-state index in [9.17, 15) is 18.0 Å². The van der Waals surface area contributed by atoms with Crippen LogP contribution in [0.5, 0.6) is 0 Å². The smallest absolute Gasteiger partial charge is 0.347 e. The maximum atomic E-state index is 13.2. The largest absolute Gasteiger partial charge is 0.431 e. The van der Waals surface area contributed by atoms with E-state index in [0.717, 1.165) is 10.6 Å². The molecule has 2 heterocycles. The van der Waals surface area contributed by atoms with E-state index in [1.165, 1.54) is 6.07 Å². The second kappa shape index (κ2) is 7.76. The molecular formula is C17H22F3N5O. The van der Waals surface area contributed by atoms with Crippen molar-refractivity contribution in [2.24, 2.45) is 5.92 Å². The van der Waals surface area contributed by atoms with E-state index in [0.29, 0.717) is 11.5 Å². The lowest BCUT2D eigenvalue weighted by Crippen LogP contribution is -2.28. The highest BCUT2D eigenvalue weighted by molar-refractivity contribution is 5.92. The first kappa shape index (κ1) is 19.7. The number of amides is 1. The molecule has 0 aliphatic heterocycles. The zero-order chi connectivity index (χ0) is 19.5. The van der Waals surface area contributed by atoms with Crippen molar-refractivity contribution in [2.45, 2.75) is 33.1 Å². The summed E-state index contributed by atoms with van der Waals surface area (Å²) in [5, 5.41) is 2.62. The van der Waals surface area contributed by atoms with Crippen LogP contribution in [0.1, 0.15) is 35.6 Å². The summed E-state index contributed by atoms with van der Waals surface area (Å²) in [6.45, 7) is 3.82.